The van der Waals surface area contributed by atoms with Gasteiger partial charge in [-0.1, -0.05) is 0 Å². The number of nitrogens with one attached hydrogen (secondary N) is 1. The average molecular weight is 703 g/mol. The Bertz CT molecular complexity index is 1930. The molecule has 14 heteroatoms. The van der Waals surface area contributed by atoms with Gasteiger partial charge >= 0.3 is 5.97 Å². The van der Waals surface area contributed by atoms with Gasteiger partial charge in [0.1, 0.15) is 11.8 Å². The maximum Gasteiger partial charge on any atom is 0.354 e. The first-order chi connectivity index (χ1) is 24.5. The molecule has 0 radical (unpaired) electrons. The predicted molar refractivity (Wildman–Crippen MR) is 185 cm³/mol. The third kappa shape index (κ3) is 6.01. The maximum absolute atomic E-state index is 14.6. The molecule has 0 unspecified atom stereocenters. The van der Waals surface area contributed by atoms with Gasteiger partial charge in [0.2, 0.25) is 11.8 Å². The van der Waals surface area contributed by atoms with Crippen LogP contribution >= 0.6 is 0 Å². The molecule has 5 aliphatic rings. The number of benzene rings is 1. The van der Waals surface area contributed by atoms with Crippen LogP contribution in [0.25, 0.3) is 11.3 Å². The Hall–Kier alpha value is -4.88. The van der Waals surface area contributed by atoms with Gasteiger partial charge in [0.25, 0.3) is 6.43 Å². The van der Waals surface area contributed by atoms with Gasteiger partial charge in [0.05, 0.1) is 24.6 Å². The van der Waals surface area contributed by atoms with E-state index >= 15 is 0 Å². The number of fused-ring (bicyclic) bond motifs is 2. The summed E-state index contributed by atoms with van der Waals surface area (Å²) in [7, 11) is 3.48. The predicted octanol–water partition coefficient (Wildman–Crippen LogP) is 5.75. The van der Waals surface area contributed by atoms with Crippen molar-refractivity contribution >= 4 is 23.4 Å². The van der Waals surface area contributed by atoms with Crippen LogP contribution in [-0.4, -0.2) is 72.5 Å². The number of aryl methyl sites for hydroxylation is 2. The topological polar surface area (TPSA) is 121 Å². The number of likely N-dealkylation sites (N-methyl/N-ethyl adjacent to an activating group) is 1. The van der Waals surface area contributed by atoms with E-state index in [1.165, 1.54) is 5.01 Å². The summed E-state index contributed by atoms with van der Waals surface area (Å²) in [5, 5.41) is 16.1. The second-order valence-electron chi connectivity index (χ2n) is 14.9. The van der Waals surface area contributed by atoms with Crippen molar-refractivity contribution in [3.8, 4) is 11.3 Å². The van der Waals surface area contributed by atoms with E-state index in [4.69, 9.17) is 9.84 Å². The zero-order valence-corrected chi connectivity index (χ0v) is 29.2. The van der Waals surface area contributed by atoms with E-state index in [2.05, 4.69) is 20.0 Å². The second kappa shape index (κ2) is 12.7. The minimum Gasteiger partial charge on any atom is -0.477 e. The molecule has 51 heavy (non-hydrogen) atoms. The molecular weight excluding hydrogens is 658 g/mol. The Balaban J connectivity index is 1.04. The highest BCUT2D eigenvalue weighted by atomic mass is 19.3. The number of hydrogen-bond donors (Lipinski definition) is 2. The van der Waals surface area contributed by atoms with Crippen LogP contribution in [-0.2, 0) is 40.8 Å². The number of carbonyl (C=O) groups excluding carboxylic acids is 1. The normalized spacial score (nSPS) is 24.4. The summed E-state index contributed by atoms with van der Waals surface area (Å²) < 4.78 is 39.4. The molecule has 2 N–H and O–H groups in total. The number of carboxylic acid groups (broad SMARTS) is 1. The van der Waals surface area contributed by atoms with E-state index in [0.29, 0.717) is 43.2 Å². The SMILES string of the molecule is CC(=O)N1CCc2c(c(N3CCCc4cc(-c5cn(C)cn5)c(C(F)F)cc43)nn2C2CCC3(CC2)CC(OC2=CC=C(C(=O)O)N(C)N2)C3)C1. The number of halogens is 2. The number of aromatic nitrogens is 4. The summed E-state index contributed by atoms with van der Waals surface area (Å²) in [4.78, 5) is 32.3. The monoisotopic (exact) mass is 702 g/mol. The molecule has 5 heterocycles. The molecule has 8 rings (SSSR count). The number of anilines is 2. The Morgan fingerprint density at radius 3 is 2.55 bits per heavy atom. The first kappa shape index (κ1) is 33.3. The summed E-state index contributed by atoms with van der Waals surface area (Å²) in [6.07, 6.45) is 12.3. The number of hydrazine groups is 1. The highest BCUT2D eigenvalue weighted by Gasteiger charge is 2.48. The third-order valence-electron chi connectivity index (χ3n) is 11.6. The minimum atomic E-state index is -2.67. The number of aliphatic carboxylic acids is 1. The average Bonchev–Trinajstić information content (AvgIpc) is 3.70. The molecule has 0 bridgehead atoms. The smallest absolute Gasteiger partial charge is 0.354 e. The van der Waals surface area contributed by atoms with E-state index in [1.54, 1.807) is 49.3 Å². The molecule has 270 valence electrons. The molecule has 2 aliphatic carbocycles. The van der Waals surface area contributed by atoms with Gasteiger partial charge in [-0.3, -0.25) is 19.9 Å². The molecule has 2 saturated carbocycles. The van der Waals surface area contributed by atoms with Crippen molar-refractivity contribution in [3.63, 3.8) is 0 Å². The van der Waals surface area contributed by atoms with E-state index in [1.807, 2.05) is 18.0 Å². The van der Waals surface area contributed by atoms with E-state index < -0.39 is 12.4 Å². The van der Waals surface area contributed by atoms with Gasteiger partial charge in [-0.15, -0.1) is 0 Å². The molecular formula is C37H44F2N8O4. The quantitative estimate of drug-likeness (QED) is 0.317. The number of nitrogens with zero attached hydrogens (tertiary/aromatic N) is 7. The molecule has 0 atom stereocenters. The van der Waals surface area contributed by atoms with Crippen LogP contribution in [0.15, 0.2) is 48.4 Å². The van der Waals surface area contributed by atoms with Gasteiger partial charge < -0.3 is 24.2 Å². The standard InChI is InChI=1S/C37H44F2N8O4/c1-22(48)45-14-10-30-28(19-45)35(46-13-4-5-23-15-26(29-20-43(2)21-40-29)27(34(38)39)16-32(23)46)42-47(30)24-8-11-37(12-9-24)17-25(18-37)51-33-7-6-31(36(49)50)44(3)41-33/h6-7,15-16,20-21,24-25,34,41H,4-5,8-14,17-19H2,1-3H3,(H,49,50). The van der Waals surface area contributed by atoms with Crippen LogP contribution < -0.4 is 10.3 Å². The van der Waals surface area contributed by atoms with Crippen molar-refractivity contribution in [1.82, 2.24) is 34.7 Å². The van der Waals surface area contributed by atoms with Crippen molar-refractivity contribution < 1.29 is 28.2 Å². The lowest BCUT2D eigenvalue weighted by atomic mass is 9.58. The summed E-state index contributed by atoms with van der Waals surface area (Å²) >= 11 is 0. The van der Waals surface area contributed by atoms with Gasteiger partial charge in [-0.2, -0.15) is 5.10 Å². The number of rotatable bonds is 7. The van der Waals surface area contributed by atoms with Crippen molar-refractivity contribution in [2.24, 2.45) is 12.5 Å². The van der Waals surface area contributed by atoms with Gasteiger partial charge in [-0.25, -0.2) is 18.6 Å². The fourth-order valence-corrected chi connectivity index (χ4v) is 8.89. The van der Waals surface area contributed by atoms with Crippen LogP contribution in [0.3, 0.4) is 0 Å². The molecule has 1 amide bonds. The molecule has 2 aromatic heterocycles. The molecule has 0 saturated heterocycles. The maximum atomic E-state index is 14.6. The van der Waals surface area contributed by atoms with Gasteiger partial charge in [0, 0.05) is 80.9 Å². The van der Waals surface area contributed by atoms with Crippen molar-refractivity contribution in [1.29, 1.82) is 0 Å². The van der Waals surface area contributed by atoms with E-state index in [-0.39, 0.29) is 34.7 Å². The molecule has 3 aromatic rings. The second-order valence-corrected chi connectivity index (χ2v) is 14.9. The number of allylic oxidation sites excluding steroid dienone is 2. The molecule has 12 nitrogen and oxygen atoms in total. The van der Waals surface area contributed by atoms with E-state index in [9.17, 15) is 23.5 Å². The molecule has 3 aliphatic heterocycles. The highest BCUT2D eigenvalue weighted by Crippen LogP contribution is 2.55. The van der Waals surface area contributed by atoms with Crippen LogP contribution in [0.2, 0.25) is 0 Å². The number of imidazole rings is 1. The Morgan fingerprint density at radius 1 is 1.10 bits per heavy atom. The van der Waals surface area contributed by atoms with Crippen LogP contribution in [0.4, 0.5) is 20.3 Å². The zero-order valence-electron chi connectivity index (χ0n) is 29.2. The summed E-state index contributed by atoms with van der Waals surface area (Å²) in [6.45, 7) is 3.34. The largest absolute Gasteiger partial charge is 0.477 e. The first-order valence-corrected chi connectivity index (χ1v) is 17.9. The minimum absolute atomic E-state index is 0.0175. The number of alkyl halides is 2. The van der Waals surface area contributed by atoms with Crippen LogP contribution in [0.5, 0.6) is 0 Å². The van der Waals surface area contributed by atoms with Gasteiger partial charge in [0.15, 0.2) is 5.82 Å². The Kier molecular flexibility index (Phi) is 8.29. The lowest BCUT2D eigenvalue weighted by Gasteiger charge is -2.51. The molecule has 1 spiro atoms. The summed E-state index contributed by atoms with van der Waals surface area (Å²) in [6, 6.07) is 3.73. The number of ether oxygens (including phenoxy) is 1. The number of carbonyl (C=O) groups is 2. The van der Waals surface area contributed by atoms with Gasteiger partial charge in [-0.05, 0) is 80.6 Å². The lowest BCUT2D eigenvalue weighted by molar-refractivity contribution is -0.135. The van der Waals surface area contributed by atoms with Crippen molar-refractivity contribution in [2.45, 2.75) is 89.8 Å². The van der Waals surface area contributed by atoms with E-state index in [0.717, 1.165) is 79.7 Å². The Labute approximate surface area is 295 Å². The summed E-state index contributed by atoms with van der Waals surface area (Å²) in [5.74, 6) is 0.347. The fraction of sp³-hybridized carbons (Fsp3) is 0.514. The highest BCUT2D eigenvalue weighted by molar-refractivity contribution is 5.86. The third-order valence-corrected chi connectivity index (χ3v) is 11.6. The Morgan fingerprint density at radius 2 is 1.88 bits per heavy atom. The van der Waals surface area contributed by atoms with Crippen LogP contribution in [0.1, 0.15) is 86.7 Å². The number of carboxylic acids is 1. The molecule has 1 aromatic carbocycles. The first-order valence-electron chi connectivity index (χ1n) is 17.9. The zero-order chi connectivity index (χ0) is 35.6. The number of hydrogen-bond acceptors (Lipinski definition) is 8. The van der Waals surface area contributed by atoms with Crippen LogP contribution in [0, 0.1) is 5.41 Å². The lowest BCUT2D eigenvalue weighted by Crippen LogP contribution is -2.47. The number of amides is 1. The summed E-state index contributed by atoms with van der Waals surface area (Å²) in [5.41, 5.74) is 8.26. The van der Waals surface area contributed by atoms with Crippen molar-refractivity contribution in [3.05, 3.63) is 70.8 Å². The molecule has 2 fully saturated rings. The van der Waals surface area contributed by atoms with Crippen molar-refractivity contribution in [2.75, 3.05) is 25.0 Å². The fourth-order valence-electron chi connectivity index (χ4n) is 8.89.